The van der Waals surface area contributed by atoms with Crippen LogP contribution >= 0.6 is 0 Å². The number of aromatic amines is 1. The van der Waals surface area contributed by atoms with Crippen molar-refractivity contribution in [1.29, 1.82) is 0 Å². The second-order valence-electron chi connectivity index (χ2n) is 17.9. The third kappa shape index (κ3) is 9.30. The second-order valence-corrected chi connectivity index (χ2v) is 17.9. The van der Waals surface area contributed by atoms with Crippen molar-refractivity contribution in [2.24, 2.45) is 23.7 Å². The van der Waals surface area contributed by atoms with Crippen molar-refractivity contribution in [1.82, 2.24) is 45.6 Å². The number of nitrogens with zero attached hydrogens (tertiary/aromatic N) is 4. The van der Waals surface area contributed by atoms with Crippen LogP contribution < -0.4 is 21.3 Å². The van der Waals surface area contributed by atoms with Gasteiger partial charge in [-0.2, -0.15) is 0 Å². The van der Waals surface area contributed by atoms with E-state index in [1.807, 2.05) is 37.2 Å². The van der Waals surface area contributed by atoms with Gasteiger partial charge in [0.1, 0.15) is 29.9 Å². The molecule has 2 aliphatic rings. The number of hydrogen-bond donors (Lipinski definition) is 5. The zero-order valence-corrected chi connectivity index (χ0v) is 36.9. The number of hydrogen-bond acceptors (Lipinski definition) is 7. The minimum Gasteiger partial charge on any atom is -0.352 e. The fraction of sp³-hybridized carbons (Fsp3) is 0.578. The summed E-state index contributed by atoms with van der Waals surface area (Å²) in [5.41, 5.74) is 2.59. The van der Waals surface area contributed by atoms with E-state index in [4.69, 9.17) is 4.98 Å². The summed E-state index contributed by atoms with van der Waals surface area (Å²) in [6.45, 7) is 15.6. The molecule has 13 nitrogen and oxygen atoms in total. The smallest absolute Gasteiger partial charge is 0.245 e. The van der Waals surface area contributed by atoms with E-state index in [0.29, 0.717) is 45.6 Å². The van der Waals surface area contributed by atoms with Crippen LogP contribution in [0.5, 0.6) is 0 Å². The Kier molecular flexibility index (Phi) is 13.9. The number of likely N-dealkylation sites (N-methyl/N-ethyl adjacent to an activating group) is 2. The van der Waals surface area contributed by atoms with Crippen LogP contribution in [0.25, 0.3) is 33.5 Å². The third-order valence-corrected chi connectivity index (χ3v) is 13.0. The van der Waals surface area contributed by atoms with Gasteiger partial charge in [0.05, 0.1) is 41.4 Å². The summed E-state index contributed by atoms with van der Waals surface area (Å²) in [5, 5.41) is 12.3. The molecule has 0 saturated carbocycles. The number of aromatic nitrogens is 3. The lowest BCUT2D eigenvalue weighted by atomic mass is 9.93. The molecule has 2 aliphatic heterocycles. The van der Waals surface area contributed by atoms with Gasteiger partial charge in [0.2, 0.25) is 23.6 Å². The maximum Gasteiger partial charge on any atom is 0.245 e. The van der Waals surface area contributed by atoms with Crippen LogP contribution in [0.4, 0.5) is 13.2 Å². The molecule has 5 N–H and O–H groups in total. The number of fused-ring (bicyclic) bond motifs is 2. The summed E-state index contributed by atoms with van der Waals surface area (Å²) in [7, 11) is 3.33. The first-order valence-electron chi connectivity index (χ1n) is 21.5. The molecule has 2 aromatic carbocycles. The Bertz CT molecular complexity index is 2260. The summed E-state index contributed by atoms with van der Waals surface area (Å²) in [6, 6.07) is 4.98. The summed E-state index contributed by atoms with van der Waals surface area (Å²) in [5.74, 6) is -2.16. The monoisotopic (exact) mass is 849 g/mol. The van der Waals surface area contributed by atoms with Crippen molar-refractivity contribution in [2.45, 2.75) is 117 Å². The van der Waals surface area contributed by atoms with E-state index in [0.717, 1.165) is 0 Å². The molecule has 4 aromatic rings. The number of H-pyrrole nitrogens is 1. The molecule has 0 spiro atoms. The van der Waals surface area contributed by atoms with Crippen LogP contribution in [-0.4, -0.2) is 118 Å². The minimum atomic E-state index is -1.32. The van der Waals surface area contributed by atoms with Gasteiger partial charge in [0, 0.05) is 42.5 Å². The van der Waals surface area contributed by atoms with Gasteiger partial charge in [-0.15, -0.1) is 0 Å². The summed E-state index contributed by atoms with van der Waals surface area (Å²) in [6.07, 6.45) is -1.11. The van der Waals surface area contributed by atoms with Gasteiger partial charge in [-0.25, -0.2) is 18.2 Å². The highest BCUT2D eigenvalue weighted by Crippen LogP contribution is 2.38. The normalized spacial score (nSPS) is 22.6. The van der Waals surface area contributed by atoms with E-state index >= 15 is 4.39 Å². The lowest BCUT2D eigenvalue weighted by Crippen LogP contribution is -2.56. The number of benzene rings is 2. The highest BCUT2D eigenvalue weighted by Gasteiger charge is 2.44. The number of halogens is 3. The minimum absolute atomic E-state index is 0.00996. The molecule has 332 valence electrons. The molecule has 0 bridgehead atoms. The number of likely N-dealkylation sites (tertiary alicyclic amines) is 2. The first-order chi connectivity index (χ1) is 28.8. The summed E-state index contributed by atoms with van der Waals surface area (Å²) in [4.78, 5) is 66.5. The maximum atomic E-state index is 15.5. The van der Waals surface area contributed by atoms with E-state index in [1.54, 1.807) is 40.1 Å². The zero-order valence-electron chi connectivity index (χ0n) is 36.9. The molecule has 2 saturated heterocycles. The van der Waals surface area contributed by atoms with Gasteiger partial charge in [0.25, 0.3) is 0 Å². The fourth-order valence-electron chi connectivity index (χ4n) is 8.85. The van der Waals surface area contributed by atoms with Crippen molar-refractivity contribution in [2.75, 3.05) is 27.2 Å². The molecule has 0 radical (unpaired) electrons. The number of rotatable bonds is 15. The van der Waals surface area contributed by atoms with E-state index in [-0.39, 0.29) is 73.4 Å². The Hall–Kier alpha value is -4.96. The van der Waals surface area contributed by atoms with E-state index in [2.05, 4.69) is 40.1 Å². The lowest BCUT2D eigenvalue weighted by Gasteiger charge is -2.33. The number of alkyl halides is 1. The van der Waals surface area contributed by atoms with E-state index in [1.165, 1.54) is 29.2 Å². The van der Waals surface area contributed by atoms with E-state index in [9.17, 15) is 28.0 Å². The molecular weight excluding hydrogens is 788 g/mol. The summed E-state index contributed by atoms with van der Waals surface area (Å²) < 4.78 is 47.3. The van der Waals surface area contributed by atoms with Crippen molar-refractivity contribution >= 4 is 45.6 Å². The highest BCUT2D eigenvalue weighted by molar-refractivity contribution is 5.93. The molecule has 0 unspecified atom stereocenters. The molecule has 6 rings (SSSR count). The third-order valence-electron chi connectivity index (χ3n) is 13.0. The zero-order chi connectivity index (χ0) is 44.6. The number of carbonyl (C=O) groups excluding carboxylic acids is 4. The molecule has 0 aliphatic carbocycles. The Labute approximate surface area is 355 Å². The first-order valence-corrected chi connectivity index (χ1v) is 21.5. The van der Waals surface area contributed by atoms with Crippen LogP contribution in [0.3, 0.4) is 0 Å². The van der Waals surface area contributed by atoms with Gasteiger partial charge in [-0.3, -0.25) is 19.2 Å². The van der Waals surface area contributed by atoms with Crippen molar-refractivity contribution in [3.05, 3.63) is 53.6 Å². The lowest BCUT2D eigenvalue weighted by molar-refractivity contribution is -0.139. The fourth-order valence-corrected chi connectivity index (χ4v) is 8.85. The Balaban J connectivity index is 1.43. The van der Waals surface area contributed by atoms with Crippen molar-refractivity contribution < 1.29 is 32.3 Å². The molecule has 2 fully saturated rings. The van der Waals surface area contributed by atoms with Crippen molar-refractivity contribution in [3.63, 3.8) is 0 Å². The number of nitrogens with one attached hydrogen (secondary N) is 5. The average molecular weight is 850 g/mol. The van der Waals surface area contributed by atoms with Crippen LogP contribution in [0.15, 0.2) is 36.4 Å². The second kappa shape index (κ2) is 18.6. The van der Waals surface area contributed by atoms with Crippen LogP contribution in [-0.2, 0) is 32.1 Å². The van der Waals surface area contributed by atoms with Crippen LogP contribution in [0.2, 0.25) is 0 Å². The number of carbonyl (C=O) groups is 4. The van der Waals surface area contributed by atoms with Crippen LogP contribution in [0.1, 0.15) is 67.4 Å². The topological polar surface area (TPSA) is 156 Å². The first kappa shape index (κ1) is 45.6. The predicted molar refractivity (Wildman–Crippen MR) is 230 cm³/mol. The van der Waals surface area contributed by atoms with Gasteiger partial charge >= 0.3 is 0 Å². The molecule has 4 heterocycles. The van der Waals surface area contributed by atoms with E-state index < -0.39 is 53.9 Å². The quantitative estimate of drug-likeness (QED) is 0.114. The Morgan fingerprint density at radius 2 is 1.39 bits per heavy atom. The highest BCUT2D eigenvalue weighted by atomic mass is 19.1. The van der Waals surface area contributed by atoms with Gasteiger partial charge in [-0.1, -0.05) is 41.5 Å². The SMILES string of the molecule is CN[C@@H](C)C(=O)N[C@H](C(=O)N1C[C@@H](F)C[C@H]1Cc1c(-c2nc3cc(F)ccc3n2C[C@@H]2[C@@H](C)[C@@H](C)CN2C(=O)[C@@H](NC(=O)[C@H](C)NC)C(C)C)[nH]c2cc(F)ccc12)C(C)C. The standard InChI is InChI=1S/C45H62F3N9O4/c1-22(2)38(53-42(58)26(7)49-9)44(60)55-20-30(48)15-31(55)18-33-32-13-11-28(46)16-34(32)51-40(33)41-52-35-17-29(47)12-14-36(35)56(41)21-37-25(6)24(5)19-57(37)45(61)39(23(3)4)54-43(59)27(8)50-10/h11-14,16-17,22-27,30-31,37-39,49-51H,15,18-21H2,1-10H3,(H,53,58)(H,54,59)/t24-,25-,26-,27-,30-,31-,37+,38-,39-/m0/s1. The van der Waals surface area contributed by atoms with Gasteiger partial charge in [-0.05, 0) is 93.9 Å². The predicted octanol–water partition coefficient (Wildman–Crippen LogP) is 4.92. The Morgan fingerprint density at radius 3 is 1.98 bits per heavy atom. The van der Waals surface area contributed by atoms with Crippen LogP contribution in [0, 0.1) is 35.3 Å². The molecule has 16 heteroatoms. The molecule has 2 aromatic heterocycles. The van der Waals surface area contributed by atoms with Crippen molar-refractivity contribution in [3.8, 4) is 11.5 Å². The average Bonchev–Trinajstić information content (AvgIpc) is 3.95. The molecule has 9 atom stereocenters. The van der Waals surface area contributed by atoms with Gasteiger partial charge < -0.3 is 40.6 Å². The molecule has 61 heavy (non-hydrogen) atoms. The molecule has 4 amide bonds. The maximum absolute atomic E-state index is 15.5. The largest absolute Gasteiger partial charge is 0.352 e. The number of imidazole rings is 1. The molecular formula is C45H62F3N9O4. The summed E-state index contributed by atoms with van der Waals surface area (Å²) >= 11 is 0. The Morgan fingerprint density at radius 1 is 0.820 bits per heavy atom. The van der Waals surface area contributed by atoms with Gasteiger partial charge in [0.15, 0.2) is 5.82 Å². The number of amides is 4.